The minimum atomic E-state index is -0.932. The summed E-state index contributed by atoms with van der Waals surface area (Å²) in [7, 11) is 0. The molecule has 1 aromatic rings. The Balaban J connectivity index is 2.20. The molecule has 7 heteroatoms. The van der Waals surface area contributed by atoms with Crippen molar-refractivity contribution in [3.8, 4) is 17.2 Å². The molecule has 6 atom stereocenters. The van der Waals surface area contributed by atoms with Crippen LogP contribution in [0.4, 0.5) is 0 Å². The van der Waals surface area contributed by atoms with Crippen LogP contribution >= 0.6 is 0 Å². The molecule has 2 aliphatic carbocycles. The molecule has 0 heterocycles. The third-order valence-corrected chi connectivity index (χ3v) is 9.25. The van der Waals surface area contributed by atoms with Crippen molar-refractivity contribution in [3.05, 3.63) is 16.7 Å². The second-order valence-electron chi connectivity index (χ2n) is 12.4. The third-order valence-electron chi connectivity index (χ3n) is 9.25. The Morgan fingerprint density at radius 3 is 1.97 bits per heavy atom. The summed E-state index contributed by atoms with van der Waals surface area (Å²) in [5.41, 5.74) is -2.85. The molecule has 0 aromatic heterocycles. The highest BCUT2D eigenvalue weighted by molar-refractivity contribution is 5.95. The Hall–Kier alpha value is -2.12. The van der Waals surface area contributed by atoms with Crippen LogP contribution in [0.15, 0.2) is 0 Å². The number of fused-ring (bicyclic) bond motifs is 1. The first kappa shape index (κ1) is 27.5. The number of aldehydes is 2. The first-order valence-electron chi connectivity index (χ1n) is 12.8. The number of aromatic hydroxyl groups is 3. The number of hydrogen-bond acceptors (Lipinski definition) is 7. The minimum absolute atomic E-state index is 0.0353. The number of carbonyl (C=O) groups is 2. The molecule has 2 unspecified atom stereocenters. The van der Waals surface area contributed by atoms with Gasteiger partial charge in [-0.15, -0.1) is 0 Å². The zero-order valence-corrected chi connectivity index (χ0v) is 21.8. The SMILES string of the molecule is CC(C)CC(c1c(O)c(C=O)c(O)c(C=O)c1O)[C@@H]1CC[C@@](C)(O)[C@@H]2CC(C(C)(C)O)CC[C@]21C. The molecule has 3 rings (SSSR count). The number of rotatable bonds is 7. The maximum absolute atomic E-state index is 11.7. The molecule has 0 radical (unpaired) electrons. The molecule has 0 saturated heterocycles. The van der Waals surface area contributed by atoms with Gasteiger partial charge in [-0.1, -0.05) is 20.8 Å². The first-order valence-corrected chi connectivity index (χ1v) is 12.8. The molecular formula is C28H42O7. The summed E-state index contributed by atoms with van der Waals surface area (Å²) in [4.78, 5) is 23.5. The smallest absolute Gasteiger partial charge is 0.157 e. The van der Waals surface area contributed by atoms with Gasteiger partial charge in [0.05, 0.1) is 22.3 Å². The van der Waals surface area contributed by atoms with Crippen molar-refractivity contribution in [2.75, 3.05) is 0 Å². The number of phenols is 3. The molecule has 196 valence electrons. The van der Waals surface area contributed by atoms with E-state index in [1.807, 2.05) is 34.6 Å². The van der Waals surface area contributed by atoms with E-state index in [1.165, 1.54) is 0 Å². The van der Waals surface area contributed by atoms with Crippen LogP contribution in [-0.2, 0) is 0 Å². The predicted octanol–water partition coefficient (Wildman–Crippen LogP) is 4.91. The van der Waals surface area contributed by atoms with Crippen molar-refractivity contribution in [2.45, 2.75) is 97.2 Å². The van der Waals surface area contributed by atoms with Crippen LogP contribution in [0.3, 0.4) is 0 Å². The summed E-state index contributed by atoms with van der Waals surface area (Å²) in [6, 6.07) is 0. The molecule has 2 saturated carbocycles. The predicted molar refractivity (Wildman–Crippen MR) is 133 cm³/mol. The number of phenolic OH excluding ortho intramolecular Hbond substituents is 3. The zero-order chi connectivity index (χ0) is 26.5. The van der Waals surface area contributed by atoms with E-state index in [2.05, 4.69) is 6.92 Å². The van der Waals surface area contributed by atoms with Crippen molar-refractivity contribution in [3.63, 3.8) is 0 Å². The molecular weight excluding hydrogens is 448 g/mol. The normalized spacial score (nSPS) is 32.2. The maximum Gasteiger partial charge on any atom is 0.157 e. The molecule has 2 fully saturated rings. The first-order chi connectivity index (χ1) is 16.1. The lowest BCUT2D eigenvalue weighted by Gasteiger charge is -2.60. The van der Waals surface area contributed by atoms with Gasteiger partial charge in [-0.2, -0.15) is 0 Å². The topological polar surface area (TPSA) is 135 Å². The van der Waals surface area contributed by atoms with Crippen molar-refractivity contribution < 1.29 is 35.1 Å². The number of benzene rings is 1. The van der Waals surface area contributed by atoms with Gasteiger partial charge >= 0.3 is 0 Å². The summed E-state index contributed by atoms with van der Waals surface area (Å²) in [5.74, 6) is -2.10. The third kappa shape index (κ3) is 4.69. The van der Waals surface area contributed by atoms with E-state index in [-0.39, 0.29) is 34.7 Å². The Morgan fingerprint density at radius 1 is 0.971 bits per heavy atom. The number of aliphatic hydroxyl groups is 2. The van der Waals surface area contributed by atoms with E-state index < -0.39 is 45.5 Å². The molecule has 0 spiro atoms. The van der Waals surface area contributed by atoms with E-state index in [4.69, 9.17) is 0 Å². The van der Waals surface area contributed by atoms with Crippen LogP contribution in [0.1, 0.15) is 112 Å². The van der Waals surface area contributed by atoms with E-state index in [1.54, 1.807) is 0 Å². The van der Waals surface area contributed by atoms with Crippen molar-refractivity contribution in [1.82, 2.24) is 0 Å². The standard InChI is InChI=1S/C28H42O7/c1-15(2)11-17(22-24(32)18(13-29)23(31)19(14-30)25(22)33)20-8-10-28(6,35)21-12-16(26(3,4)34)7-9-27(20,21)5/h13-17,20-21,31-35H,7-12H2,1-6H3/t16?,17?,20-,21+,27-,28+/m0/s1. The molecule has 2 aliphatic rings. The van der Waals surface area contributed by atoms with E-state index >= 15 is 0 Å². The van der Waals surface area contributed by atoms with Gasteiger partial charge in [-0.3, -0.25) is 9.59 Å². The highest BCUT2D eigenvalue weighted by Crippen LogP contribution is 2.64. The van der Waals surface area contributed by atoms with Gasteiger partial charge < -0.3 is 25.5 Å². The van der Waals surface area contributed by atoms with Crippen LogP contribution < -0.4 is 0 Å². The fourth-order valence-electron chi connectivity index (χ4n) is 7.33. The fraction of sp³-hybridized carbons (Fsp3) is 0.714. The van der Waals surface area contributed by atoms with Gasteiger partial charge in [-0.25, -0.2) is 0 Å². The highest BCUT2D eigenvalue weighted by atomic mass is 16.3. The summed E-state index contributed by atoms with van der Waals surface area (Å²) < 4.78 is 0. The van der Waals surface area contributed by atoms with E-state index in [0.29, 0.717) is 38.3 Å². The van der Waals surface area contributed by atoms with Crippen LogP contribution in [0.5, 0.6) is 17.2 Å². The van der Waals surface area contributed by atoms with Crippen molar-refractivity contribution in [2.24, 2.45) is 29.1 Å². The van der Waals surface area contributed by atoms with Crippen LogP contribution in [0.2, 0.25) is 0 Å². The Kier molecular flexibility index (Phi) is 7.37. The summed E-state index contributed by atoms with van der Waals surface area (Å²) in [6.07, 6.45) is 4.53. The van der Waals surface area contributed by atoms with Crippen molar-refractivity contribution >= 4 is 12.6 Å². The average Bonchev–Trinajstić information content (AvgIpc) is 2.72. The van der Waals surface area contributed by atoms with Crippen LogP contribution in [-0.4, -0.2) is 49.3 Å². The molecule has 7 nitrogen and oxygen atoms in total. The van der Waals surface area contributed by atoms with Crippen molar-refractivity contribution in [1.29, 1.82) is 0 Å². The van der Waals surface area contributed by atoms with E-state index in [9.17, 15) is 35.1 Å². The van der Waals surface area contributed by atoms with Gasteiger partial charge in [0, 0.05) is 5.56 Å². The lowest BCUT2D eigenvalue weighted by atomic mass is 9.46. The highest BCUT2D eigenvalue weighted by Gasteiger charge is 2.58. The average molecular weight is 491 g/mol. The second kappa shape index (κ2) is 9.40. The van der Waals surface area contributed by atoms with Crippen LogP contribution in [0.25, 0.3) is 0 Å². The molecule has 1 aromatic carbocycles. The maximum atomic E-state index is 11.7. The Bertz CT molecular complexity index is 939. The molecule has 0 bridgehead atoms. The zero-order valence-electron chi connectivity index (χ0n) is 21.8. The van der Waals surface area contributed by atoms with Gasteiger partial charge in [-0.05, 0) is 94.3 Å². The Morgan fingerprint density at radius 2 is 1.51 bits per heavy atom. The largest absolute Gasteiger partial charge is 0.507 e. The lowest BCUT2D eigenvalue weighted by molar-refractivity contribution is -0.171. The number of hydrogen-bond donors (Lipinski definition) is 5. The minimum Gasteiger partial charge on any atom is -0.507 e. The summed E-state index contributed by atoms with van der Waals surface area (Å²) >= 11 is 0. The molecule has 35 heavy (non-hydrogen) atoms. The summed E-state index contributed by atoms with van der Waals surface area (Å²) in [6.45, 7) is 11.7. The second-order valence-corrected chi connectivity index (χ2v) is 12.4. The molecule has 5 N–H and O–H groups in total. The van der Waals surface area contributed by atoms with Gasteiger partial charge in [0.15, 0.2) is 12.6 Å². The van der Waals surface area contributed by atoms with E-state index in [0.717, 1.165) is 12.8 Å². The van der Waals surface area contributed by atoms with Gasteiger partial charge in [0.25, 0.3) is 0 Å². The quantitative estimate of drug-likeness (QED) is 0.343. The lowest BCUT2D eigenvalue weighted by Crippen LogP contribution is -2.57. The molecule has 0 amide bonds. The van der Waals surface area contributed by atoms with Crippen LogP contribution in [0, 0.1) is 29.1 Å². The van der Waals surface area contributed by atoms with Gasteiger partial charge in [0.2, 0.25) is 0 Å². The Labute approximate surface area is 208 Å². The number of carbonyl (C=O) groups excluding carboxylic acids is 2. The monoisotopic (exact) mass is 490 g/mol. The molecule has 0 aliphatic heterocycles. The van der Waals surface area contributed by atoms with Gasteiger partial charge in [0.1, 0.15) is 17.2 Å². The fourth-order valence-corrected chi connectivity index (χ4v) is 7.33. The summed E-state index contributed by atoms with van der Waals surface area (Å²) in [5, 5.41) is 54.7.